The Hall–Kier alpha value is -2.61. The molecular formula is C22H20O2. The van der Waals surface area contributed by atoms with Gasteiger partial charge in [-0.05, 0) is 41.3 Å². The van der Waals surface area contributed by atoms with Crippen LogP contribution in [0.5, 0.6) is 5.75 Å². The number of rotatable bonds is 3. The van der Waals surface area contributed by atoms with Crippen LogP contribution in [0, 0.1) is 18.8 Å². The number of hydrogen-bond acceptors (Lipinski definition) is 2. The van der Waals surface area contributed by atoms with Crippen molar-refractivity contribution in [2.75, 3.05) is 7.11 Å². The van der Waals surface area contributed by atoms with E-state index in [4.69, 9.17) is 4.74 Å². The lowest BCUT2D eigenvalue weighted by Gasteiger charge is -2.16. The number of ether oxygens (including phenoxy) is 1. The predicted molar refractivity (Wildman–Crippen MR) is 95.9 cm³/mol. The second kappa shape index (κ2) is 5.79. The Kier molecular flexibility index (Phi) is 3.61. The largest absolute Gasteiger partial charge is 0.497 e. The third kappa shape index (κ3) is 2.39. The average Bonchev–Trinajstić information content (AvgIpc) is 3.14. The number of carbonyl (C=O) groups is 1. The molecule has 2 atom stereocenters. The Bertz CT molecular complexity index is 839. The lowest BCUT2D eigenvalue weighted by atomic mass is 9.87. The SMILES string of the molecule is COc1ccc(/C(=C2/[C@@H]3C=C[C@H]2CC3=O)c2ccc(C)cc2)cc1. The van der Waals surface area contributed by atoms with Crippen LogP contribution in [0.2, 0.25) is 0 Å². The van der Waals surface area contributed by atoms with Crippen molar-refractivity contribution in [3.63, 3.8) is 0 Å². The van der Waals surface area contributed by atoms with E-state index in [-0.39, 0.29) is 11.8 Å². The number of ketones is 1. The minimum atomic E-state index is -0.0478. The van der Waals surface area contributed by atoms with Gasteiger partial charge < -0.3 is 4.74 Å². The molecule has 0 spiro atoms. The van der Waals surface area contributed by atoms with Crippen LogP contribution in [0.25, 0.3) is 5.57 Å². The molecule has 0 aliphatic heterocycles. The van der Waals surface area contributed by atoms with Crippen LogP contribution in [-0.2, 0) is 4.79 Å². The summed E-state index contributed by atoms with van der Waals surface area (Å²) < 4.78 is 5.28. The van der Waals surface area contributed by atoms with Crippen LogP contribution in [-0.4, -0.2) is 12.9 Å². The second-order valence-corrected chi connectivity index (χ2v) is 6.56. The maximum Gasteiger partial charge on any atom is 0.144 e. The number of allylic oxidation sites excluding steroid dienone is 3. The molecule has 2 aromatic carbocycles. The summed E-state index contributed by atoms with van der Waals surface area (Å²) >= 11 is 0. The van der Waals surface area contributed by atoms with Crippen LogP contribution >= 0.6 is 0 Å². The standard InChI is InChI=1S/C22H20O2/c1-14-3-5-15(6-4-14)21(16-7-10-18(24-2)11-8-16)22-17-9-12-19(22)20(23)13-17/h3-12,17,19H,13H2,1-2H3/b22-21+/t17-,19+/m0/s1. The molecule has 0 amide bonds. The van der Waals surface area contributed by atoms with Gasteiger partial charge in [0.05, 0.1) is 13.0 Å². The van der Waals surface area contributed by atoms with E-state index in [1.807, 2.05) is 12.1 Å². The first-order chi connectivity index (χ1) is 11.7. The van der Waals surface area contributed by atoms with Gasteiger partial charge in [0.25, 0.3) is 0 Å². The minimum absolute atomic E-state index is 0.0478. The maximum atomic E-state index is 12.3. The minimum Gasteiger partial charge on any atom is -0.497 e. The van der Waals surface area contributed by atoms with E-state index in [2.05, 4.69) is 55.5 Å². The summed E-state index contributed by atoms with van der Waals surface area (Å²) in [5, 5.41) is 0. The highest BCUT2D eigenvalue weighted by Gasteiger charge is 2.41. The molecule has 0 unspecified atom stereocenters. The van der Waals surface area contributed by atoms with E-state index >= 15 is 0 Å². The molecular weight excluding hydrogens is 296 g/mol. The summed E-state index contributed by atoms with van der Waals surface area (Å²) in [4.78, 5) is 12.3. The summed E-state index contributed by atoms with van der Waals surface area (Å²) in [5.41, 5.74) is 6.01. The van der Waals surface area contributed by atoms with Crippen molar-refractivity contribution in [1.29, 1.82) is 0 Å². The Labute approximate surface area is 142 Å². The fourth-order valence-electron chi connectivity index (χ4n) is 3.80. The van der Waals surface area contributed by atoms with E-state index < -0.39 is 0 Å². The molecule has 120 valence electrons. The first kappa shape index (κ1) is 14.9. The van der Waals surface area contributed by atoms with Crippen molar-refractivity contribution in [1.82, 2.24) is 0 Å². The lowest BCUT2D eigenvalue weighted by Crippen LogP contribution is -2.05. The number of Topliss-reactive ketones (excluding diaryl/α,β-unsaturated/α-hetero) is 1. The highest BCUT2D eigenvalue weighted by molar-refractivity contribution is 5.97. The van der Waals surface area contributed by atoms with Gasteiger partial charge in [-0.15, -0.1) is 0 Å². The van der Waals surface area contributed by atoms with Gasteiger partial charge in [0, 0.05) is 12.3 Å². The zero-order valence-electron chi connectivity index (χ0n) is 14.0. The average molecular weight is 316 g/mol. The van der Waals surface area contributed by atoms with Gasteiger partial charge in [0.15, 0.2) is 0 Å². The van der Waals surface area contributed by atoms with Crippen molar-refractivity contribution in [2.45, 2.75) is 13.3 Å². The second-order valence-electron chi connectivity index (χ2n) is 6.56. The molecule has 0 heterocycles. The van der Waals surface area contributed by atoms with Gasteiger partial charge in [-0.2, -0.15) is 0 Å². The van der Waals surface area contributed by atoms with Crippen LogP contribution in [0.1, 0.15) is 23.1 Å². The Morgan fingerprint density at radius 1 is 0.958 bits per heavy atom. The first-order valence-electron chi connectivity index (χ1n) is 8.34. The molecule has 2 aliphatic rings. The Morgan fingerprint density at radius 2 is 1.58 bits per heavy atom. The van der Waals surface area contributed by atoms with Crippen LogP contribution in [0.4, 0.5) is 0 Å². The Morgan fingerprint density at radius 3 is 2.08 bits per heavy atom. The summed E-state index contributed by atoms with van der Waals surface area (Å²) in [5.74, 6) is 1.39. The van der Waals surface area contributed by atoms with Crippen LogP contribution < -0.4 is 4.74 Å². The molecule has 2 bridgehead atoms. The fraction of sp³-hybridized carbons (Fsp3) is 0.227. The van der Waals surface area contributed by atoms with Crippen LogP contribution in [0.3, 0.4) is 0 Å². The van der Waals surface area contributed by atoms with Gasteiger partial charge in [-0.1, -0.05) is 54.1 Å². The molecule has 1 saturated carbocycles. The number of benzene rings is 2. The molecule has 1 fully saturated rings. The van der Waals surface area contributed by atoms with E-state index in [9.17, 15) is 4.79 Å². The molecule has 2 nitrogen and oxygen atoms in total. The van der Waals surface area contributed by atoms with E-state index in [1.165, 1.54) is 22.3 Å². The molecule has 2 heteroatoms. The first-order valence-corrected chi connectivity index (χ1v) is 8.34. The van der Waals surface area contributed by atoms with Gasteiger partial charge in [-0.3, -0.25) is 4.79 Å². The molecule has 2 aromatic rings. The van der Waals surface area contributed by atoms with E-state index in [0.29, 0.717) is 12.2 Å². The number of hydrogen-bond donors (Lipinski definition) is 0. The molecule has 0 radical (unpaired) electrons. The molecule has 2 aliphatic carbocycles. The third-order valence-corrected chi connectivity index (χ3v) is 5.05. The quantitative estimate of drug-likeness (QED) is 0.775. The third-order valence-electron chi connectivity index (χ3n) is 5.05. The normalized spacial score (nSPS) is 23.7. The smallest absolute Gasteiger partial charge is 0.144 e. The predicted octanol–water partition coefficient (Wildman–Crippen LogP) is 4.58. The molecule has 0 N–H and O–H groups in total. The highest BCUT2D eigenvalue weighted by atomic mass is 16.5. The number of carbonyl (C=O) groups excluding carboxylic acids is 1. The van der Waals surface area contributed by atoms with E-state index in [0.717, 1.165) is 11.3 Å². The monoisotopic (exact) mass is 316 g/mol. The van der Waals surface area contributed by atoms with Crippen molar-refractivity contribution < 1.29 is 9.53 Å². The number of fused-ring (bicyclic) bond motifs is 2. The number of methoxy groups -OCH3 is 1. The summed E-state index contributed by atoms with van der Waals surface area (Å²) in [6, 6.07) is 16.7. The highest BCUT2D eigenvalue weighted by Crippen LogP contribution is 2.47. The van der Waals surface area contributed by atoms with Gasteiger partial charge in [-0.25, -0.2) is 0 Å². The Balaban J connectivity index is 1.90. The zero-order chi connectivity index (χ0) is 16.7. The van der Waals surface area contributed by atoms with E-state index in [1.54, 1.807) is 7.11 Å². The van der Waals surface area contributed by atoms with Crippen LogP contribution in [0.15, 0.2) is 66.3 Å². The lowest BCUT2D eigenvalue weighted by molar-refractivity contribution is -0.119. The van der Waals surface area contributed by atoms with Gasteiger partial charge in [0.1, 0.15) is 11.5 Å². The summed E-state index contributed by atoms with van der Waals surface area (Å²) in [6.45, 7) is 2.09. The summed E-state index contributed by atoms with van der Waals surface area (Å²) in [7, 11) is 1.67. The molecule has 4 rings (SSSR count). The van der Waals surface area contributed by atoms with Gasteiger partial charge >= 0.3 is 0 Å². The number of aryl methyl sites for hydroxylation is 1. The van der Waals surface area contributed by atoms with Crippen molar-refractivity contribution in [3.05, 3.63) is 82.9 Å². The van der Waals surface area contributed by atoms with Crippen molar-refractivity contribution in [2.24, 2.45) is 11.8 Å². The molecule has 0 saturated heterocycles. The zero-order valence-corrected chi connectivity index (χ0v) is 14.0. The topological polar surface area (TPSA) is 26.3 Å². The fourth-order valence-corrected chi connectivity index (χ4v) is 3.80. The van der Waals surface area contributed by atoms with Crippen molar-refractivity contribution in [3.8, 4) is 5.75 Å². The molecule has 0 aromatic heterocycles. The molecule has 24 heavy (non-hydrogen) atoms. The summed E-state index contributed by atoms with van der Waals surface area (Å²) in [6.07, 6.45) is 4.91. The van der Waals surface area contributed by atoms with Crippen molar-refractivity contribution >= 4 is 11.4 Å². The maximum absolute atomic E-state index is 12.3. The van der Waals surface area contributed by atoms with Gasteiger partial charge in [0.2, 0.25) is 0 Å².